The molecular weight excluding hydrogens is 350 g/mol. The van der Waals surface area contributed by atoms with Crippen LogP contribution in [0.3, 0.4) is 0 Å². The number of nitrogen functional groups attached to an aromatic ring is 1. The summed E-state index contributed by atoms with van der Waals surface area (Å²) >= 11 is 9.35. The van der Waals surface area contributed by atoms with Crippen LogP contribution in [-0.2, 0) is 0 Å². The summed E-state index contributed by atoms with van der Waals surface area (Å²) in [7, 11) is 0. The third-order valence-corrected chi connectivity index (χ3v) is 5.35. The Balaban J connectivity index is 1.93. The molecule has 0 aromatic carbocycles. The highest BCUT2D eigenvalue weighted by Gasteiger charge is 2.16. The molecule has 3 rings (SSSR count). The first kappa shape index (κ1) is 16.4. The van der Waals surface area contributed by atoms with Crippen LogP contribution in [0, 0.1) is 6.92 Å². The maximum atomic E-state index is 6.29. The largest absolute Gasteiger partial charge is 0.384 e. The van der Waals surface area contributed by atoms with Gasteiger partial charge < -0.3 is 10.7 Å². The number of aromatic amines is 1. The van der Waals surface area contributed by atoms with Crippen molar-refractivity contribution in [3.05, 3.63) is 34.7 Å². The number of hydrogen-bond acceptors (Lipinski definition) is 6. The molecule has 0 saturated carbocycles. The number of anilines is 1. The van der Waals surface area contributed by atoms with Crippen LogP contribution in [0.25, 0.3) is 10.9 Å². The number of nitrogens with two attached hydrogens (primary N) is 1. The molecule has 0 aliphatic rings. The number of nitrogens with zero attached hydrogens (tertiary/aromatic N) is 3. The minimum Gasteiger partial charge on any atom is -0.384 e. The van der Waals surface area contributed by atoms with Gasteiger partial charge >= 0.3 is 0 Å². The molecule has 0 saturated heterocycles. The second kappa shape index (κ2) is 6.59. The van der Waals surface area contributed by atoms with Gasteiger partial charge in [0.15, 0.2) is 10.3 Å². The third-order valence-electron chi connectivity index (χ3n) is 3.46. The van der Waals surface area contributed by atoms with Crippen molar-refractivity contribution in [3.63, 3.8) is 0 Å². The minimum atomic E-state index is 0.0581. The second-order valence-electron chi connectivity index (χ2n) is 5.11. The molecule has 0 aliphatic carbocycles. The van der Waals surface area contributed by atoms with Gasteiger partial charge in [0.2, 0.25) is 0 Å². The Hall–Kier alpha value is -1.44. The molecular formula is C15H16ClN5S2. The van der Waals surface area contributed by atoms with E-state index in [-0.39, 0.29) is 5.25 Å². The van der Waals surface area contributed by atoms with Gasteiger partial charge in [-0.1, -0.05) is 23.4 Å². The molecule has 1 atom stereocenters. The van der Waals surface area contributed by atoms with Crippen LogP contribution in [0.4, 0.5) is 5.82 Å². The Kier molecular flexibility index (Phi) is 4.70. The zero-order chi connectivity index (χ0) is 16.6. The van der Waals surface area contributed by atoms with Crippen molar-refractivity contribution < 1.29 is 0 Å². The lowest BCUT2D eigenvalue weighted by atomic mass is 10.2. The van der Waals surface area contributed by atoms with Crippen LogP contribution in [-0.4, -0.2) is 26.2 Å². The monoisotopic (exact) mass is 365 g/mol. The quantitative estimate of drug-likeness (QED) is 0.307. The van der Waals surface area contributed by atoms with E-state index in [9.17, 15) is 0 Å². The van der Waals surface area contributed by atoms with Crippen LogP contribution in [0.15, 0.2) is 28.5 Å². The Bertz CT molecular complexity index is 864. The number of hydrogen-bond donors (Lipinski definition) is 2. The maximum Gasteiger partial charge on any atom is 0.191 e. The summed E-state index contributed by atoms with van der Waals surface area (Å²) in [5.41, 5.74) is 8.75. The van der Waals surface area contributed by atoms with Crippen LogP contribution >= 0.6 is 35.1 Å². The number of aromatic nitrogens is 4. The van der Waals surface area contributed by atoms with E-state index in [0.29, 0.717) is 16.1 Å². The summed E-state index contributed by atoms with van der Waals surface area (Å²) in [4.78, 5) is 16.4. The van der Waals surface area contributed by atoms with E-state index in [1.165, 1.54) is 11.8 Å². The zero-order valence-corrected chi connectivity index (χ0v) is 15.3. The summed E-state index contributed by atoms with van der Waals surface area (Å²) in [6.07, 6.45) is 3.90. The van der Waals surface area contributed by atoms with Crippen molar-refractivity contribution in [3.8, 4) is 0 Å². The molecule has 5 nitrogen and oxygen atoms in total. The average Bonchev–Trinajstić information content (AvgIpc) is 2.88. The molecule has 3 aromatic rings. The number of pyridine rings is 1. The zero-order valence-electron chi connectivity index (χ0n) is 12.9. The molecule has 3 N–H and O–H groups in total. The van der Waals surface area contributed by atoms with Gasteiger partial charge in [-0.3, -0.25) is 0 Å². The number of rotatable bonds is 4. The Morgan fingerprint density at radius 2 is 2.04 bits per heavy atom. The highest BCUT2D eigenvalue weighted by atomic mass is 35.5. The van der Waals surface area contributed by atoms with E-state index in [1.807, 2.05) is 19.4 Å². The fourth-order valence-electron chi connectivity index (χ4n) is 2.24. The van der Waals surface area contributed by atoms with Gasteiger partial charge in [0, 0.05) is 17.6 Å². The maximum absolute atomic E-state index is 6.29. The smallest absolute Gasteiger partial charge is 0.191 e. The summed E-state index contributed by atoms with van der Waals surface area (Å²) in [5, 5.41) is 3.13. The second-order valence-corrected chi connectivity index (χ2v) is 7.60. The van der Waals surface area contributed by atoms with Crippen molar-refractivity contribution in [1.82, 2.24) is 19.9 Å². The van der Waals surface area contributed by atoms with Gasteiger partial charge in [-0.15, -0.1) is 11.8 Å². The number of aryl methyl sites for hydroxylation is 1. The van der Waals surface area contributed by atoms with Gasteiger partial charge in [0.1, 0.15) is 10.8 Å². The van der Waals surface area contributed by atoms with Gasteiger partial charge in [0.05, 0.1) is 16.5 Å². The van der Waals surface area contributed by atoms with E-state index in [1.54, 1.807) is 17.8 Å². The molecule has 3 heterocycles. The normalized spacial score (nSPS) is 12.7. The standard InChI is InChI=1S/C15H16ClN5S2/c1-7-6-18-13-9(7)4-10(19-14(13)16)8(2)23-15-20-11(17)5-12(21-15)22-3/h4-6,8,18H,1-3H3,(H2,17,20,21). The number of fused-ring (bicyclic) bond motifs is 1. The van der Waals surface area contributed by atoms with Crippen LogP contribution < -0.4 is 5.73 Å². The van der Waals surface area contributed by atoms with Gasteiger partial charge in [-0.25, -0.2) is 15.0 Å². The van der Waals surface area contributed by atoms with Crippen molar-refractivity contribution in [1.29, 1.82) is 0 Å². The van der Waals surface area contributed by atoms with Crippen LogP contribution in [0.2, 0.25) is 5.15 Å². The molecule has 23 heavy (non-hydrogen) atoms. The lowest BCUT2D eigenvalue weighted by Gasteiger charge is -2.11. The molecule has 0 aliphatic heterocycles. The molecule has 0 spiro atoms. The fraction of sp³-hybridized carbons (Fsp3) is 0.267. The molecule has 0 bridgehead atoms. The van der Waals surface area contributed by atoms with Crippen molar-refractivity contribution in [2.75, 3.05) is 12.0 Å². The topological polar surface area (TPSA) is 80.5 Å². The summed E-state index contributed by atoms with van der Waals surface area (Å²) < 4.78 is 0. The average molecular weight is 366 g/mol. The Morgan fingerprint density at radius 1 is 1.26 bits per heavy atom. The first-order valence-corrected chi connectivity index (χ1v) is 9.45. The van der Waals surface area contributed by atoms with E-state index < -0.39 is 0 Å². The van der Waals surface area contributed by atoms with Crippen molar-refractivity contribution in [2.24, 2.45) is 0 Å². The number of H-pyrrole nitrogens is 1. The van der Waals surface area contributed by atoms with Gasteiger partial charge in [-0.2, -0.15) is 0 Å². The minimum absolute atomic E-state index is 0.0581. The Morgan fingerprint density at radius 3 is 2.78 bits per heavy atom. The molecule has 3 aromatic heterocycles. The van der Waals surface area contributed by atoms with E-state index >= 15 is 0 Å². The Labute approximate surface area is 147 Å². The van der Waals surface area contributed by atoms with Crippen LogP contribution in [0.1, 0.15) is 23.4 Å². The van der Waals surface area contributed by atoms with Gasteiger partial charge in [-0.05, 0) is 31.7 Å². The van der Waals surface area contributed by atoms with Crippen LogP contribution in [0.5, 0.6) is 0 Å². The predicted molar refractivity (Wildman–Crippen MR) is 98.3 cm³/mol. The first-order chi connectivity index (χ1) is 11.0. The molecule has 0 radical (unpaired) electrons. The van der Waals surface area contributed by atoms with Gasteiger partial charge in [0.25, 0.3) is 0 Å². The lowest BCUT2D eigenvalue weighted by Crippen LogP contribution is -1.99. The molecule has 8 heteroatoms. The SMILES string of the molecule is CSc1cc(N)nc(SC(C)c2cc3c(C)c[nH]c3c(Cl)n2)n1. The summed E-state index contributed by atoms with van der Waals surface area (Å²) in [6, 6.07) is 3.83. The first-order valence-electron chi connectivity index (χ1n) is 6.97. The van der Waals surface area contributed by atoms with E-state index in [2.05, 4.69) is 32.9 Å². The van der Waals surface area contributed by atoms with Crippen molar-refractivity contribution >= 4 is 51.8 Å². The number of thioether (sulfide) groups is 2. The molecule has 1 unspecified atom stereocenters. The molecule has 120 valence electrons. The molecule has 0 fully saturated rings. The highest BCUT2D eigenvalue weighted by Crippen LogP contribution is 2.36. The predicted octanol–water partition coefficient (Wildman–Crippen LogP) is 4.47. The van der Waals surface area contributed by atoms with E-state index in [4.69, 9.17) is 17.3 Å². The number of nitrogens with one attached hydrogen (secondary N) is 1. The summed E-state index contributed by atoms with van der Waals surface area (Å²) in [5.74, 6) is 0.474. The third kappa shape index (κ3) is 3.41. The lowest BCUT2D eigenvalue weighted by molar-refractivity contribution is 0.888. The van der Waals surface area contributed by atoms with Crippen molar-refractivity contribution in [2.45, 2.75) is 29.3 Å². The highest BCUT2D eigenvalue weighted by molar-refractivity contribution is 7.99. The fourth-order valence-corrected chi connectivity index (χ4v) is 3.84. The number of halogens is 1. The summed E-state index contributed by atoms with van der Waals surface area (Å²) in [6.45, 7) is 4.10. The van der Waals surface area contributed by atoms with E-state index in [0.717, 1.165) is 27.2 Å². The molecule has 0 amide bonds.